The summed E-state index contributed by atoms with van der Waals surface area (Å²) >= 11 is 0. The lowest BCUT2D eigenvalue weighted by Gasteiger charge is -2.28. The molecule has 0 amide bonds. The van der Waals surface area contributed by atoms with Crippen LogP contribution < -0.4 is 16.0 Å². The quantitative estimate of drug-likeness (QED) is 0.721. The van der Waals surface area contributed by atoms with Gasteiger partial charge in [-0.15, -0.1) is 0 Å². The van der Waals surface area contributed by atoms with Gasteiger partial charge in [0.1, 0.15) is 11.6 Å². The van der Waals surface area contributed by atoms with Gasteiger partial charge < -0.3 is 20.7 Å². The molecule has 2 aromatic heterocycles. The number of nitrogens with two attached hydrogens (primary N) is 1. The molecule has 0 radical (unpaired) electrons. The first kappa shape index (κ1) is 17.2. The second-order valence-electron chi connectivity index (χ2n) is 6.33. The fraction of sp³-hybridized carbons (Fsp3) is 0.389. The summed E-state index contributed by atoms with van der Waals surface area (Å²) < 4.78 is 5.39. The average molecular weight is 340 g/mol. The molecule has 1 saturated heterocycles. The van der Waals surface area contributed by atoms with Gasteiger partial charge in [0.15, 0.2) is 0 Å². The van der Waals surface area contributed by atoms with Crippen LogP contribution in [0.5, 0.6) is 0 Å². The molecule has 7 nitrogen and oxygen atoms in total. The molecule has 0 saturated carbocycles. The Kier molecular flexibility index (Phi) is 5.14. The molecule has 0 aromatic carbocycles. The van der Waals surface area contributed by atoms with Gasteiger partial charge in [-0.2, -0.15) is 0 Å². The summed E-state index contributed by atoms with van der Waals surface area (Å²) in [7, 11) is 0. The van der Waals surface area contributed by atoms with Crippen molar-refractivity contribution in [3.8, 4) is 0 Å². The molecule has 132 valence electrons. The Balaban J connectivity index is 1.87. The Bertz CT molecular complexity index is 755. The maximum atomic E-state index is 8.59. The lowest BCUT2D eigenvalue weighted by molar-refractivity contribution is 0.122. The molecule has 25 heavy (non-hydrogen) atoms. The van der Waals surface area contributed by atoms with Crippen LogP contribution >= 0.6 is 0 Å². The molecule has 0 spiro atoms. The Labute approximate surface area is 147 Å². The van der Waals surface area contributed by atoms with Gasteiger partial charge in [0.05, 0.1) is 30.8 Å². The summed E-state index contributed by atoms with van der Waals surface area (Å²) in [6, 6.07) is 5.85. The van der Waals surface area contributed by atoms with Crippen LogP contribution in [-0.4, -0.2) is 48.0 Å². The van der Waals surface area contributed by atoms with Crippen LogP contribution in [0.3, 0.4) is 0 Å². The van der Waals surface area contributed by atoms with Crippen molar-refractivity contribution in [1.29, 1.82) is 5.41 Å². The first-order valence-electron chi connectivity index (χ1n) is 8.44. The molecule has 7 heteroatoms. The van der Waals surface area contributed by atoms with E-state index in [2.05, 4.69) is 20.2 Å². The molecule has 0 aliphatic carbocycles. The molecular formula is C18H24N6O. The van der Waals surface area contributed by atoms with Gasteiger partial charge in [-0.1, -0.05) is 0 Å². The third-order valence-corrected chi connectivity index (χ3v) is 4.01. The molecule has 3 rings (SSSR count). The van der Waals surface area contributed by atoms with Gasteiger partial charge >= 0.3 is 0 Å². The SMILES string of the molecule is CC(C)Nc1cc(C(=N)c2ccnc(N3CCOCC3)c2)c(N)cn1. The largest absolute Gasteiger partial charge is 0.397 e. The van der Waals surface area contributed by atoms with Crippen molar-refractivity contribution in [3.05, 3.63) is 41.7 Å². The Morgan fingerprint density at radius 3 is 2.76 bits per heavy atom. The van der Waals surface area contributed by atoms with E-state index >= 15 is 0 Å². The average Bonchev–Trinajstić information content (AvgIpc) is 2.63. The minimum absolute atomic E-state index is 0.256. The smallest absolute Gasteiger partial charge is 0.129 e. The molecule has 0 unspecified atom stereocenters. The number of hydrogen-bond acceptors (Lipinski definition) is 7. The molecule has 2 aromatic rings. The van der Waals surface area contributed by atoms with Crippen LogP contribution in [0.2, 0.25) is 0 Å². The number of rotatable bonds is 5. The number of morpholine rings is 1. The maximum absolute atomic E-state index is 8.59. The van der Waals surface area contributed by atoms with Crippen LogP contribution in [0.1, 0.15) is 25.0 Å². The van der Waals surface area contributed by atoms with Crippen molar-refractivity contribution in [1.82, 2.24) is 9.97 Å². The Morgan fingerprint density at radius 1 is 1.28 bits per heavy atom. The zero-order valence-electron chi connectivity index (χ0n) is 14.6. The van der Waals surface area contributed by atoms with E-state index in [1.54, 1.807) is 12.4 Å². The van der Waals surface area contributed by atoms with Crippen LogP contribution in [0, 0.1) is 5.41 Å². The highest BCUT2D eigenvalue weighted by Gasteiger charge is 2.16. The lowest BCUT2D eigenvalue weighted by atomic mass is 10.0. The normalized spacial score (nSPS) is 14.6. The third kappa shape index (κ3) is 4.06. The monoisotopic (exact) mass is 340 g/mol. The molecular weight excluding hydrogens is 316 g/mol. The number of pyridine rings is 2. The molecule has 0 bridgehead atoms. The van der Waals surface area contributed by atoms with E-state index in [1.807, 2.05) is 32.0 Å². The molecule has 1 fully saturated rings. The summed E-state index contributed by atoms with van der Waals surface area (Å²) in [4.78, 5) is 10.9. The summed E-state index contributed by atoms with van der Waals surface area (Å²) in [5, 5.41) is 11.8. The van der Waals surface area contributed by atoms with Gasteiger partial charge in [0, 0.05) is 36.5 Å². The van der Waals surface area contributed by atoms with Gasteiger partial charge in [-0.25, -0.2) is 9.97 Å². The lowest BCUT2D eigenvalue weighted by Crippen LogP contribution is -2.36. The summed E-state index contributed by atoms with van der Waals surface area (Å²) in [6.07, 6.45) is 3.33. The third-order valence-electron chi connectivity index (χ3n) is 4.01. The highest BCUT2D eigenvalue weighted by molar-refractivity contribution is 6.14. The number of nitrogen functional groups attached to an aromatic ring is 1. The van der Waals surface area contributed by atoms with Crippen LogP contribution in [0.4, 0.5) is 17.3 Å². The van der Waals surface area contributed by atoms with Crippen LogP contribution in [0.25, 0.3) is 0 Å². The first-order chi connectivity index (χ1) is 12.0. The minimum Gasteiger partial charge on any atom is -0.397 e. The highest BCUT2D eigenvalue weighted by Crippen LogP contribution is 2.22. The van der Waals surface area contributed by atoms with E-state index in [4.69, 9.17) is 15.9 Å². The van der Waals surface area contributed by atoms with Crippen molar-refractivity contribution >= 4 is 23.0 Å². The van der Waals surface area contributed by atoms with E-state index < -0.39 is 0 Å². The van der Waals surface area contributed by atoms with Gasteiger partial charge in [-0.05, 0) is 32.0 Å². The summed E-state index contributed by atoms with van der Waals surface area (Å²) in [5.41, 5.74) is 8.37. The van der Waals surface area contributed by atoms with E-state index in [0.29, 0.717) is 36.0 Å². The van der Waals surface area contributed by atoms with Gasteiger partial charge in [-0.3, -0.25) is 5.41 Å². The van der Waals surface area contributed by atoms with Crippen molar-refractivity contribution < 1.29 is 4.74 Å². The van der Waals surface area contributed by atoms with Crippen molar-refractivity contribution in [3.63, 3.8) is 0 Å². The zero-order chi connectivity index (χ0) is 17.8. The van der Waals surface area contributed by atoms with Crippen LogP contribution in [0.15, 0.2) is 30.6 Å². The second kappa shape index (κ2) is 7.48. The zero-order valence-corrected chi connectivity index (χ0v) is 14.6. The minimum atomic E-state index is 0.256. The highest BCUT2D eigenvalue weighted by atomic mass is 16.5. The van der Waals surface area contributed by atoms with E-state index in [1.165, 1.54) is 0 Å². The van der Waals surface area contributed by atoms with Gasteiger partial charge in [0.2, 0.25) is 0 Å². The number of nitrogens with zero attached hydrogens (tertiary/aromatic N) is 3. The number of nitrogens with one attached hydrogen (secondary N) is 2. The van der Waals surface area contributed by atoms with E-state index in [9.17, 15) is 0 Å². The van der Waals surface area contributed by atoms with Crippen molar-refractivity contribution in [2.45, 2.75) is 19.9 Å². The standard InChI is InChI=1S/C18H24N6O/c1-12(2)23-16-10-14(15(19)11-22-16)18(20)13-3-4-21-17(9-13)24-5-7-25-8-6-24/h3-4,9-12,20H,5-8,19H2,1-2H3,(H,22,23). The molecule has 0 atom stereocenters. The molecule has 1 aliphatic heterocycles. The van der Waals surface area contributed by atoms with Crippen molar-refractivity contribution in [2.75, 3.05) is 42.3 Å². The van der Waals surface area contributed by atoms with E-state index in [0.717, 1.165) is 24.5 Å². The first-order valence-corrected chi connectivity index (χ1v) is 8.44. The number of ether oxygens (including phenoxy) is 1. The fourth-order valence-corrected chi connectivity index (χ4v) is 2.75. The molecule has 3 heterocycles. The molecule has 1 aliphatic rings. The topological polar surface area (TPSA) is 100 Å². The summed E-state index contributed by atoms with van der Waals surface area (Å²) in [5.74, 6) is 1.57. The maximum Gasteiger partial charge on any atom is 0.129 e. The number of aromatic nitrogens is 2. The fourth-order valence-electron chi connectivity index (χ4n) is 2.75. The number of hydrogen-bond donors (Lipinski definition) is 3. The summed E-state index contributed by atoms with van der Waals surface area (Å²) in [6.45, 7) is 7.10. The molecule has 4 N–H and O–H groups in total. The second-order valence-corrected chi connectivity index (χ2v) is 6.33. The van der Waals surface area contributed by atoms with Gasteiger partial charge in [0.25, 0.3) is 0 Å². The predicted octanol–water partition coefficient (Wildman–Crippen LogP) is 2.13. The van der Waals surface area contributed by atoms with Crippen LogP contribution in [-0.2, 0) is 4.74 Å². The Morgan fingerprint density at radius 2 is 2.04 bits per heavy atom. The van der Waals surface area contributed by atoms with E-state index in [-0.39, 0.29) is 6.04 Å². The predicted molar refractivity (Wildman–Crippen MR) is 101 cm³/mol. The number of anilines is 3. The Hall–Kier alpha value is -2.67. The van der Waals surface area contributed by atoms with Crippen molar-refractivity contribution in [2.24, 2.45) is 0 Å².